The van der Waals surface area contributed by atoms with Crippen LogP contribution in [0.5, 0.6) is 0 Å². The van der Waals surface area contributed by atoms with Gasteiger partial charge in [-0.25, -0.2) is 13.4 Å². The Balaban J connectivity index is 1.46. The van der Waals surface area contributed by atoms with Crippen LogP contribution in [-0.4, -0.2) is 80.6 Å². The third-order valence-corrected chi connectivity index (χ3v) is 10.5. The highest BCUT2D eigenvalue weighted by molar-refractivity contribution is 7.91. The number of carbonyl (C=O) groups excluding carboxylic acids is 1. The molecule has 0 radical (unpaired) electrons. The molecule has 4 rings (SSSR count). The molecule has 1 saturated heterocycles. The zero-order valence-corrected chi connectivity index (χ0v) is 26.0. The van der Waals surface area contributed by atoms with E-state index in [1.165, 1.54) is 49.5 Å². The molecule has 3 atom stereocenters. The molecule has 0 saturated carbocycles. The molecule has 2 N–H and O–H groups in total. The van der Waals surface area contributed by atoms with E-state index in [1.807, 2.05) is 11.8 Å². The Kier molecular flexibility index (Phi) is 11.2. The summed E-state index contributed by atoms with van der Waals surface area (Å²) in [5, 5.41) is 13.0. The maximum Gasteiger partial charge on any atom is 0.416 e. The molecule has 2 heterocycles. The molecule has 2 aromatic carbocycles. The van der Waals surface area contributed by atoms with Gasteiger partial charge >= 0.3 is 12.8 Å². The molecule has 1 amide bonds. The lowest BCUT2D eigenvalue weighted by atomic mass is 10.0. The highest BCUT2D eigenvalue weighted by atomic mass is 32.2. The van der Waals surface area contributed by atoms with Crippen LogP contribution in [0.4, 0.5) is 27.1 Å². The number of carbonyl (C=O) groups is 1. The Labute approximate surface area is 261 Å². The summed E-state index contributed by atoms with van der Waals surface area (Å²) in [5.74, 6) is -0.610. The molecule has 246 valence electrons. The van der Waals surface area contributed by atoms with E-state index in [4.69, 9.17) is 0 Å². The topological polar surface area (TPSA) is 112 Å². The number of nitrogens with one attached hydrogen (secondary N) is 1. The van der Waals surface area contributed by atoms with Crippen molar-refractivity contribution >= 4 is 32.2 Å². The molecule has 0 spiro atoms. The number of amides is 1. The van der Waals surface area contributed by atoms with Crippen LogP contribution in [0, 0.1) is 0 Å². The van der Waals surface area contributed by atoms with Crippen LogP contribution in [-0.2, 0) is 20.8 Å². The summed E-state index contributed by atoms with van der Waals surface area (Å²) in [4.78, 5) is 21.5. The Bertz CT molecular complexity index is 1540. The van der Waals surface area contributed by atoms with Gasteiger partial charge in [-0.15, -0.1) is 0 Å². The SMILES string of the molecule is CCS(=O)(=O)c1ccc([C@H](CO)NC(=O)c2cnc(N3CCN([C@@H](C)c4ccc(C(F)(F)F)cc4)CC3COC(F)F)s2)cc1. The van der Waals surface area contributed by atoms with Gasteiger partial charge in [-0.05, 0) is 42.3 Å². The van der Waals surface area contributed by atoms with E-state index in [-0.39, 0.29) is 34.7 Å². The summed E-state index contributed by atoms with van der Waals surface area (Å²) in [6, 6.07) is 8.92. The number of nitrogens with zero attached hydrogens (tertiary/aromatic N) is 3. The second-order valence-electron chi connectivity index (χ2n) is 10.4. The molecule has 9 nitrogen and oxygen atoms in total. The number of hydrogen-bond donors (Lipinski definition) is 2. The summed E-state index contributed by atoms with van der Waals surface area (Å²) in [5.41, 5.74) is 0.368. The minimum atomic E-state index is -4.46. The standard InChI is InChI=1S/C29H33F5N4O5S2/c1-3-45(41,42)23-10-6-20(7-11-23)24(16-39)36-26(40)25-14-35-28(44-25)38-13-12-37(15-22(38)17-43-27(30)31)18(2)19-4-8-21(9-5-19)29(32,33)34/h4-11,14,18,22,24,27,39H,3,12-13,15-17H2,1-2H3,(H,36,40)/t18-,22?,24-/m0/s1. The Morgan fingerprint density at radius 3 is 2.33 bits per heavy atom. The van der Waals surface area contributed by atoms with Crippen molar-refractivity contribution in [3.05, 3.63) is 76.3 Å². The van der Waals surface area contributed by atoms with Gasteiger partial charge in [0.15, 0.2) is 15.0 Å². The number of benzene rings is 2. The van der Waals surface area contributed by atoms with Crippen molar-refractivity contribution in [1.29, 1.82) is 0 Å². The van der Waals surface area contributed by atoms with Crippen LogP contribution in [0.1, 0.15) is 52.3 Å². The van der Waals surface area contributed by atoms with Crippen LogP contribution in [0.25, 0.3) is 0 Å². The number of piperazine rings is 1. The fourth-order valence-electron chi connectivity index (χ4n) is 5.01. The molecule has 1 unspecified atom stereocenters. The minimum absolute atomic E-state index is 0.0669. The maximum absolute atomic E-state index is 13.1. The van der Waals surface area contributed by atoms with E-state index in [2.05, 4.69) is 15.0 Å². The second kappa shape index (κ2) is 14.5. The number of aliphatic hydroxyl groups is 1. The van der Waals surface area contributed by atoms with Crippen molar-refractivity contribution in [1.82, 2.24) is 15.2 Å². The highest BCUT2D eigenvalue weighted by Crippen LogP contribution is 2.33. The summed E-state index contributed by atoms with van der Waals surface area (Å²) in [6.45, 7) is 0.526. The first kappa shape index (κ1) is 34.7. The van der Waals surface area contributed by atoms with Crippen molar-refractivity contribution in [3.63, 3.8) is 0 Å². The number of alkyl halides is 5. The normalized spacial score (nSPS) is 17.8. The minimum Gasteiger partial charge on any atom is -0.394 e. The van der Waals surface area contributed by atoms with Gasteiger partial charge < -0.3 is 20.1 Å². The third-order valence-electron chi connectivity index (χ3n) is 7.67. The van der Waals surface area contributed by atoms with Gasteiger partial charge in [-0.3, -0.25) is 9.69 Å². The Hall–Kier alpha value is -3.18. The summed E-state index contributed by atoms with van der Waals surface area (Å²) >= 11 is 1.03. The van der Waals surface area contributed by atoms with Gasteiger partial charge in [-0.1, -0.05) is 42.5 Å². The van der Waals surface area contributed by atoms with Crippen LogP contribution in [0.2, 0.25) is 0 Å². The molecular formula is C29H33F5N4O5S2. The van der Waals surface area contributed by atoms with Gasteiger partial charge in [0.1, 0.15) is 4.88 Å². The molecule has 1 fully saturated rings. The van der Waals surface area contributed by atoms with Crippen LogP contribution < -0.4 is 10.2 Å². The lowest BCUT2D eigenvalue weighted by Gasteiger charge is -2.43. The smallest absolute Gasteiger partial charge is 0.394 e. The lowest BCUT2D eigenvalue weighted by molar-refractivity contribution is -0.137. The Morgan fingerprint density at radius 2 is 1.76 bits per heavy atom. The van der Waals surface area contributed by atoms with E-state index in [1.54, 1.807) is 4.90 Å². The molecule has 1 aromatic heterocycles. The van der Waals surface area contributed by atoms with Crippen molar-refractivity contribution in [2.24, 2.45) is 0 Å². The van der Waals surface area contributed by atoms with Crippen LogP contribution in [0.15, 0.2) is 59.6 Å². The number of rotatable bonds is 12. The van der Waals surface area contributed by atoms with E-state index < -0.39 is 52.8 Å². The van der Waals surface area contributed by atoms with E-state index >= 15 is 0 Å². The number of aliphatic hydroxyl groups excluding tert-OH is 1. The first-order valence-corrected chi connectivity index (χ1v) is 16.5. The molecule has 0 bridgehead atoms. The Morgan fingerprint density at radius 1 is 1.11 bits per heavy atom. The summed E-state index contributed by atoms with van der Waals surface area (Å²) in [7, 11) is -3.42. The lowest BCUT2D eigenvalue weighted by Crippen LogP contribution is -2.55. The predicted molar refractivity (Wildman–Crippen MR) is 158 cm³/mol. The zero-order chi connectivity index (χ0) is 32.9. The summed E-state index contributed by atoms with van der Waals surface area (Å²) < 4.78 is 93.8. The van der Waals surface area contributed by atoms with E-state index in [9.17, 15) is 40.3 Å². The molecular weight excluding hydrogens is 643 g/mol. The quantitative estimate of drug-likeness (QED) is 0.261. The molecule has 16 heteroatoms. The largest absolute Gasteiger partial charge is 0.416 e. The fraction of sp³-hybridized carbons (Fsp3) is 0.448. The fourth-order valence-corrected chi connectivity index (χ4v) is 6.81. The van der Waals surface area contributed by atoms with E-state index in [0.717, 1.165) is 23.5 Å². The first-order valence-electron chi connectivity index (χ1n) is 14.0. The number of halogens is 5. The van der Waals surface area contributed by atoms with Crippen molar-refractivity contribution in [3.8, 4) is 0 Å². The monoisotopic (exact) mass is 676 g/mol. The average molecular weight is 677 g/mol. The first-order chi connectivity index (χ1) is 21.2. The van der Waals surface area contributed by atoms with Crippen molar-refractivity contribution in [2.75, 3.05) is 43.5 Å². The molecule has 45 heavy (non-hydrogen) atoms. The van der Waals surface area contributed by atoms with Gasteiger partial charge in [0.2, 0.25) is 0 Å². The maximum atomic E-state index is 13.1. The van der Waals surface area contributed by atoms with Crippen LogP contribution >= 0.6 is 11.3 Å². The van der Waals surface area contributed by atoms with Gasteiger partial charge in [-0.2, -0.15) is 22.0 Å². The van der Waals surface area contributed by atoms with Gasteiger partial charge in [0, 0.05) is 25.7 Å². The predicted octanol–water partition coefficient (Wildman–Crippen LogP) is 4.91. The number of aromatic nitrogens is 1. The third kappa shape index (κ3) is 8.55. The molecule has 0 aliphatic carbocycles. The van der Waals surface area contributed by atoms with Gasteiger partial charge in [0.05, 0.1) is 47.7 Å². The highest BCUT2D eigenvalue weighted by Gasteiger charge is 2.34. The number of thiazole rings is 1. The van der Waals surface area contributed by atoms with E-state index in [0.29, 0.717) is 29.3 Å². The number of anilines is 1. The molecule has 1 aliphatic rings. The van der Waals surface area contributed by atoms with Crippen LogP contribution in [0.3, 0.4) is 0 Å². The number of ether oxygens (including phenoxy) is 1. The van der Waals surface area contributed by atoms with Crippen molar-refractivity contribution in [2.45, 2.75) is 49.7 Å². The average Bonchev–Trinajstić information content (AvgIpc) is 3.52. The second-order valence-corrected chi connectivity index (χ2v) is 13.7. The van der Waals surface area contributed by atoms with Crippen molar-refractivity contribution < 1.29 is 45.0 Å². The number of hydrogen-bond acceptors (Lipinski definition) is 9. The zero-order valence-electron chi connectivity index (χ0n) is 24.4. The molecule has 1 aliphatic heterocycles. The summed E-state index contributed by atoms with van der Waals surface area (Å²) in [6.07, 6.45) is -3.12. The molecule has 3 aromatic rings. The number of sulfone groups is 1. The van der Waals surface area contributed by atoms with Gasteiger partial charge in [0.25, 0.3) is 5.91 Å².